The lowest BCUT2D eigenvalue weighted by Gasteiger charge is -1.97. The summed E-state index contributed by atoms with van der Waals surface area (Å²) in [7, 11) is 1.61. The molecule has 1 aromatic carbocycles. The van der Waals surface area contributed by atoms with E-state index in [1.807, 2.05) is 24.3 Å². The number of methoxy groups -OCH3 is 1. The molecule has 0 fully saturated rings. The molecule has 0 unspecified atom stereocenters. The molecule has 2 rings (SSSR count). The average molecular weight is 274 g/mol. The van der Waals surface area contributed by atoms with Gasteiger partial charge in [0.15, 0.2) is 0 Å². The first-order chi connectivity index (χ1) is 9.63. The Morgan fingerprint density at radius 2 is 2.10 bits per heavy atom. The van der Waals surface area contributed by atoms with E-state index in [1.54, 1.807) is 26.4 Å². The molecule has 0 aliphatic carbocycles. The first kappa shape index (κ1) is 13.8. The Labute approximate surface area is 116 Å². The van der Waals surface area contributed by atoms with E-state index in [2.05, 4.69) is 5.10 Å². The molecule has 1 aromatic rings. The molecule has 0 amide bonds. The van der Waals surface area contributed by atoms with Gasteiger partial charge in [-0.25, -0.2) is 4.79 Å². The topological polar surface area (TPSA) is 76.9 Å². The molecule has 6 nitrogen and oxygen atoms in total. The molecule has 0 saturated carbocycles. The minimum Gasteiger partial charge on any atom is -0.497 e. The Morgan fingerprint density at radius 1 is 1.40 bits per heavy atom. The normalized spacial score (nSPS) is 15.8. The number of ether oxygens (including phenoxy) is 2. The summed E-state index contributed by atoms with van der Waals surface area (Å²) < 4.78 is 11.5. The molecular weight excluding hydrogens is 258 g/mol. The van der Waals surface area contributed by atoms with Crippen molar-refractivity contribution in [2.24, 2.45) is 10.8 Å². The van der Waals surface area contributed by atoms with Crippen molar-refractivity contribution in [2.75, 3.05) is 13.7 Å². The van der Waals surface area contributed by atoms with Crippen LogP contribution in [0.15, 0.2) is 41.3 Å². The van der Waals surface area contributed by atoms with Crippen molar-refractivity contribution in [3.05, 3.63) is 41.7 Å². The van der Waals surface area contributed by atoms with Crippen LogP contribution in [-0.2, 0) is 9.53 Å². The van der Waals surface area contributed by atoms with E-state index in [1.165, 1.54) is 4.68 Å². The van der Waals surface area contributed by atoms with Gasteiger partial charge >= 0.3 is 5.97 Å². The smallest absolute Gasteiger partial charge is 0.365 e. The van der Waals surface area contributed by atoms with Gasteiger partial charge in [0.2, 0.25) is 18.1 Å². The number of hydrazone groups is 1. The molecule has 0 radical (unpaired) electrons. The summed E-state index contributed by atoms with van der Waals surface area (Å²) in [6.07, 6.45) is 3.31. The predicted octanol–water partition coefficient (Wildman–Crippen LogP) is 0.859. The molecule has 1 aliphatic rings. The SMILES string of the molecule is CCOC(=O)C1=N[N+](=Cc2ccc(OC)cc2)C=C1N. The van der Waals surface area contributed by atoms with Gasteiger partial charge < -0.3 is 15.2 Å². The second kappa shape index (κ2) is 6.01. The summed E-state index contributed by atoms with van der Waals surface area (Å²) in [5, 5.41) is 4.10. The molecule has 2 N–H and O–H groups in total. The van der Waals surface area contributed by atoms with Gasteiger partial charge in [-0.1, -0.05) is 4.68 Å². The highest BCUT2D eigenvalue weighted by Crippen LogP contribution is 2.11. The van der Waals surface area contributed by atoms with Crippen LogP contribution in [0.3, 0.4) is 0 Å². The molecule has 1 aliphatic heterocycles. The Hall–Kier alpha value is -2.63. The van der Waals surface area contributed by atoms with Gasteiger partial charge in [-0.3, -0.25) is 0 Å². The summed E-state index contributed by atoms with van der Waals surface area (Å²) >= 11 is 0. The first-order valence-electron chi connectivity index (χ1n) is 6.14. The Bertz CT molecular complexity index is 601. The number of nitrogens with zero attached hydrogens (tertiary/aromatic N) is 2. The largest absolute Gasteiger partial charge is 0.497 e. The number of nitrogens with two attached hydrogens (primary N) is 1. The average Bonchev–Trinajstić information content (AvgIpc) is 2.81. The lowest BCUT2D eigenvalue weighted by Crippen LogP contribution is -2.21. The van der Waals surface area contributed by atoms with E-state index in [0.29, 0.717) is 0 Å². The minimum atomic E-state index is -0.521. The van der Waals surface area contributed by atoms with Crippen LogP contribution in [0.25, 0.3) is 0 Å². The highest BCUT2D eigenvalue weighted by Gasteiger charge is 2.27. The van der Waals surface area contributed by atoms with Crippen LogP contribution in [-0.4, -0.2) is 36.3 Å². The fraction of sp³-hybridized carbons (Fsp3) is 0.214. The number of esters is 1. The van der Waals surface area contributed by atoms with E-state index in [0.717, 1.165) is 11.3 Å². The molecule has 0 atom stereocenters. The van der Waals surface area contributed by atoms with Gasteiger partial charge in [0.1, 0.15) is 11.4 Å². The van der Waals surface area contributed by atoms with Crippen LogP contribution in [0.1, 0.15) is 12.5 Å². The lowest BCUT2D eigenvalue weighted by atomic mass is 10.2. The summed E-state index contributed by atoms with van der Waals surface area (Å²) in [6, 6.07) is 7.43. The van der Waals surface area contributed by atoms with E-state index in [4.69, 9.17) is 15.2 Å². The van der Waals surface area contributed by atoms with Crippen LogP contribution in [0.2, 0.25) is 0 Å². The van der Waals surface area contributed by atoms with E-state index < -0.39 is 5.97 Å². The van der Waals surface area contributed by atoms with Crippen LogP contribution < -0.4 is 10.5 Å². The van der Waals surface area contributed by atoms with Gasteiger partial charge in [-0.2, -0.15) is 0 Å². The van der Waals surface area contributed by atoms with Gasteiger partial charge in [-0.05, 0) is 31.2 Å². The second-order valence-corrected chi connectivity index (χ2v) is 4.04. The van der Waals surface area contributed by atoms with Crippen molar-refractivity contribution in [2.45, 2.75) is 6.92 Å². The number of benzene rings is 1. The maximum Gasteiger partial charge on any atom is 0.365 e. The van der Waals surface area contributed by atoms with Crippen LogP contribution in [0.5, 0.6) is 5.75 Å². The monoisotopic (exact) mass is 274 g/mol. The Morgan fingerprint density at radius 3 is 2.70 bits per heavy atom. The van der Waals surface area contributed by atoms with E-state index in [9.17, 15) is 4.79 Å². The number of rotatable bonds is 4. The van der Waals surface area contributed by atoms with Crippen LogP contribution in [0.4, 0.5) is 0 Å². The fourth-order valence-corrected chi connectivity index (χ4v) is 1.67. The molecule has 0 spiro atoms. The maximum absolute atomic E-state index is 11.6. The highest BCUT2D eigenvalue weighted by molar-refractivity contribution is 6.43. The third-order valence-electron chi connectivity index (χ3n) is 2.63. The quantitative estimate of drug-likeness (QED) is 0.652. The highest BCUT2D eigenvalue weighted by atomic mass is 16.5. The van der Waals surface area contributed by atoms with Gasteiger partial charge in [-0.15, -0.1) is 0 Å². The van der Waals surface area contributed by atoms with Gasteiger partial charge in [0.05, 0.1) is 13.7 Å². The molecule has 0 saturated heterocycles. The van der Waals surface area contributed by atoms with E-state index >= 15 is 0 Å². The summed E-state index contributed by atoms with van der Waals surface area (Å²) in [6.45, 7) is 2.02. The number of carbonyl (C=O) groups excluding carboxylic acids is 1. The molecule has 20 heavy (non-hydrogen) atoms. The second-order valence-electron chi connectivity index (χ2n) is 4.04. The van der Waals surface area contributed by atoms with Crippen molar-refractivity contribution in [1.29, 1.82) is 0 Å². The molecule has 6 heteroatoms. The Balaban J connectivity index is 2.21. The maximum atomic E-state index is 11.6. The molecule has 0 aromatic heterocycles. The molecule has 1 heterocycles. The third-order valence-corrected chi connectivity index (χ3v) is 2.63. The molecule has 0 bridgehead atoms. The number of hydrogen-bond acceptors (Lipinski definition) is 5. The Kier molecular flexibility index (Phi) is 4.14. The molecular formula is C14H16N3O3+. The summed E-state index contributed by atoms with van der Waals surface area (Å²) in [4.78, 5) is 11.6. The van der Waals surface area contributed by atoms with Crippen LogP contribution in [0, 0.1) is 0 Å². The van der Waals surface area contributed by atoms with Crippen molar-refractivity contribution in [3.8, 4) is 5.75 Å². The van der Waals surface area contributed by atoms with Crippen molar-refractivity contribution < 1.29 is 19.0 Å². The fourth-order valence-electron chi connectivity index (χ4n) is 1.67. The summed E-state index contributed by atoms with van der Waals surface area (Å²) in [5.41, 5.74) is 7.06. The number of carbonyl (C=O) groups is 1. The first-order valence-corrected chi connectivity index (χ1v) is 6.14. The van der Waals surface area contributed by atoms with Gasteiger partial charge in [0.25, 0.3) is 0 Å². The zero-order valence-corrected chi connectivity index (χ0v) is 11.4. The summed E-state index contributed by atoms with van der Waals surface area (Å²) in [5.74, 6) is 0.251. The predicted molar refractivity (Wildman–Crippen MR) is 74.8 cm³/mol. The van der Waals surface area contributed by atoms with Crippen molar-refractivity contribution in [1.82, 2.24) is 0 Å². The third kappa shape index (κ3) is 3.03. The van der Waals surface area contributed by atoms with Gasteiger partial charge in [0, 0.05) is 10.7 Å². The van der Waals surface area contributed by atoms with Crippen molar-refractivity contribution in [3.63, 3.8) is 0 Å². The molecule has 104 valence electrons. The zero-order valence-electron chi connectivity index (χ0n) is 11.4. The standard InChI is InChI=1S/C14H16N3O3/c1-3-20-14(18)13-12(15)9-17(16-13)8-10-4-6-11(19-2)7-5-10/h4-9H,3,15H2,1-2H3/q+1. The van der Waals surface area contributed by atoms with Crippen LogP contribution >= 0.6 is 0 Å². The van der Waals surface area contributed by atoms with E-state index in [-0.39, 0.29) is 18.0 Å². The lowest BCUT2D eigenvalue weighted by molar-refractivity contribution is -0.452. The minimum absolute atomic E-state index is 0.122. The number of hydrogen-bond donors (Lipinski definition) is 1. The van der Waals surface area contributed by atoms with Crippen molar-refractivity contribution >= 4 is 17.9 Å². The zero-order chi connectivity index (χ0) is 14.5.